The van der Waals surface area contributed by atoms with Crippen LogP contribution in [0.3, 0.4) is 0 Å². The first-order valence-corrected chi connectivity index (χ1v) is 6.62. The molecule has 0 unspecified atom stereocenters. The zero-order chi connectivity index (χ0) is 19.1. The number of non-ortho nitro benzene ring substituents is 2. The topological polar surface area (TPSA) is 157 Å². The van der Waals surface area contributed by atoms with Gasteiger partial charge in [0, 0.05) is 24.3 Å². The Balaban J connectivity index is 0.00000364. The van der Waals surface area contributed by atoms with Crippen molar-refractivity contribution in [1.29, 1.82) is 0 Å². The average molecular weight is 380 g/mol. The molecule has 0 N–H and O–H groups in total. The molecular weight excluding hydrogens is 368 g/mol. The molecular formula is C15H12N2O10. The van der Waals surface area contributed by atoms with Gasteiger partial charge in [-0.2, -0.15) is 19.4 Å². The molecule has 0 bridgehead atoms. The average Bonchev–Trinajstić information content (AvgIpc) is 2.61. The molecule has 27 heavy (non-hydrogen) atoms. The fourth-order valence-corrected chi connectivity index (χ4v) is 1.57. The molecule has 0 aliphatic rings. The Morgan fingerprint density at radius 2 is 0.963 bits per heavy atom. The Bertz CT molecular complexity index is 761. The highest BCUT2D eigenvalue weighted by Gasteiger charge is 2.15. The van der Waals surface area contributed by atoms with E-state index in [9.17, 15) is 29.8 Å². The van der Waals surface area contributed by atoms with Gasteiger partial charge in [0.25, 0.3) is 11.4 Å². The third-order valence-electron chi connectivity index (χ3n) is 2.68. The van der Waals surface area contributed by atoms with Crippen molar-refractivity contribution in [3.63, 3.8) is 0 Å². The minimum absolute atomic E-state index is 0. The summed E-state index contributed by atoms with van der Waals surface area (Å²) in [6.07, 6.45) is -2.86. The molecule has 0 aromatic heterocycles. The Hall–Kier alpha value is -4.22. The van der Waals surface area contributed by atoms with Crippen molar-refractivity contribution in [2.45, 2.75) is 7.43 Å². The van der Waals surface area contributed by atoms with Crippen molar-refractivity contribution in [2.75, 3.05) is 0 Å². The van der Waals surface area contributed by atoms with Crippen LogP contribution in [0.15, 0.2) is 48.5 Å². The zero-order valence-electron chi connectivity index (χ0n) is 12.6. The second-order valence-corrected chi connectivity index (χ2v) is 4.37. The fourth-order valence-electron chi connectivity index (χ4n) is 1.57. The molecule has 0 saturated heterocycles. The van der Waals surface area contributed by atoms with Gasteiger partial charge in [-0.1, -0.05) is 7.43 Å². The highest BCUT2D eigenvalue weighted by Crippen LogP contribution is 2.19. The monoisotopic (exact) mass is 380 g/mol. The number of ether oxygens (including phenoxy) is 2. The summed E-state index contributed by atoms with van der Waals surface area (Å²) in [5.74, 6) is -0.180. The number of nitro groups is 2. The van der Waals surface area contributed by atoms with E-state index in [1.165, 1.54) is 0 Å². The predicted octanol–water partition coefficient (Wildman–Crippen LogP) is 3.79. The van der Waals surface area contributed by atoms with E-state index in [0.717, 1.165) is 48.5 Å². The lowest BCUT2D eigenvalue weighted by atomic mass is 10.3. The summed E-state index contributed by atoms with van der Waals surface area (Å²) in [6.45, 7) is 0. The smallest absolute Gasteiger partial charge is 0.392 e. The molecule has 0 amide bonds. The minimum Gasteiger partial charge on any atom is -0.392 e. The van der Waals surface area contributed by atoms with E-state index in [-0.39, 0.29) is 30.3 Å². The molecule has 2 aromatic rings. The third-order valence-corrected chi connectivity index (χ3v) is 2.68. The van der Waals surface area contributed by atoms with Crippen molar-refractivity contribution in [3.8, 4) is 11.5 Å². The number of carbonyl (C=O) groups is 2. The van der Waals surface area contributed by atoms with E-state index < -0.39 is 22.2 Å². The normalized spacial score (nSPS) is 9.33. The number of rotatable bonds is 4. The van der Waals surface area contributed by atoms with Crippen LogP contribution in [0.5, 0.6) is 11.5 Å². The van der Waals surface area contributed by atoms with Crippen LogP contribution >= 0.6 is 0 Å². The Morgan fingerprint density at radius 3 is 1.22 bits per heavy atom. The summed E-state index contributed by atoms with van der Waals surface area (Å²) >= 11 is 0. The van der Waals surface area contributed by atoms with Crippen molar-refractivity contribution in [3.05, 3.63) is 68.8 Å². The van der Waals surface area contributed by atoms with Crippen molar-refractivity contribution < 1.29 is 38.7 Å². The Labute approximate surface area is 151 Å². The summed E-state index contributed by atoms with van der Waals surface area (Å²) in [7, 11) is 0. The number of hydrogen-bond donors (Lipinski definition) is 0. The molecule has 2 rings (SSSR count). The molecule has 0 fully saturated rings. The van der Waals surface area contributed by atoms with Gasteiger partial charge in [0.05, 0.1) is 9.85 Å². The summed E-state index contributed by atoms with van der Waals surface area (Å²) in [5, 5.41) is 21.0. The van der Waals surface area contributed by atoms with E-state index in [2.05, 4.69) is 19.2 Å². The summed E-state index contributed by atoms with van der Waals surface area (Å²) in [4.78, 5) is 50.4. The largest absolute Gasteiger partial charge is 0.555 e. The second kappa shape index (κ2) is 9.31. The Morgan fingerprint density at radius 1 is 0.667 bits per heavy atom. The molecule has 12 nitrogen and oxygen atoms in total. The van der Waals surface area contributed by atoms with Gasteiger partial charge in [0.15, 0.2) is 0 Å². The third kappa shape index (κ3) is 6.30. The quantitative estimate of drug-likeness (QED) is 0.251. The van der Waals surface area contributed by atoms with Gasteiger partial charge in [-0.3, -0.25) is 20.2 Å². The first-order valence-electron chi connectivity index (χ1n) is 6.62. The van der Waals surface area contributed by atoms with Gasteiger partial charge >= 0.3 is 12.3 Å². The van der Waals surface area contributed by atoms with E-state index >= 15 is 0 Å². The molecule has 142 valence electrons. The van der Waals surface area contributed by atoms with Gasteiger partial charge in [-0.25, -0.2) is 0 Å². The number of nitro benzene ring substituents is 2. The SMILES string of the molecule is C.O=C(OOC(=O)Oc1ccc([N+](=O)[O-])cc1)Oc1ccc([N+](=O)[O-])cc1. The van der Waals surface area contributed by atoms with Crippen molar-refractivity contribution in [2.24, 2.45) is 0 Å². The molecule has 2 aromatic carbocycles. The molecule has 0 radical (unpaired) electrons. The maximum atomic E-state index is 11.3. The maximum Gasteiger partial charge on any atom is 0.555 e. The number of nitrogens with zero attached hydrogens (tertiary/aromatic N) is 2. The van der Waals surface area contributed by atoms with Crippen LogP contribution in [0.1, 0.15) is 7.43 Å². The number of hydrogen-bond acceptors (Lipinski definition) is 10. The van der Waals surface area contributed by atoms with Crippen LogP contribution in [0.4, 0.5) is 21.0 Å². The minimum atomic E-state index is -1.43. The summed E-state index contributed by atoms with van der Waals surface area (Å²) in [5.41, 5.74) is -0.428. The highest BCUT2D eigenvalue weighted by molar-refractivity contribution is 5.67. The van der Waals surface area contributed by atoms with Crippen LogP contribution in [0.25, 0.3) is 0 Å². The predicted molar refractivity (Wildman–Crippen MR) is 87.1 cm³/mol. The number of carbonyl (C=O) groups excluding carboxylic acids is 2. The first kappa shape index (κ1) is 20.8. The van der Waals surface area contributed by atoms with Crippen molar-refractivity contribution in [1.82, 2.24) is 0 Å². The zero-order valence-corrected chi connectivity index (χ0v) is 12.6. The van der Waals surface area contributed by atoms with Crippen LogP contribution in [-0.2, 0) is 9.78 Å². The van der Waals surface area contributed by atoms with Gasteiger partial charge in [0.2, 0.25) is 0 Å². The standard InChI is InChI=1S/C14H8N2O10.CH4/c17-13(23-11-5-1-9(2-6-11)15(19)20)25-26-14(18)24-12-7-3-10(4-8-12)16(21)22;/h1-8H;1H4. The van der Waals surface area contributed by atoms with Crippen LogP contribution < -0.4 is 9.47 Å². The molecule has 0 aliphatic heterocycles. The second-order valence-electron chi connectivity index (χ2n) is 4.37. The first-order chi connectivity index (χ1) is 12.3. The van der Waals surface area contributed by atoms with E-state index in [4.69, 9.17) is 0 Å². The Kier molecular flexibility index (Phi) is 7.18. The van der Waals surface area contributed by atoms with E-state index in [1.807, 2.05) is 0 Å². The molecule has 0 spiro atoms. The molecule has 0 saturated carbocycles. The van der Waals surface area contributed by atoms with Crippen LogP contribution in [0, 0.1) is 20.2 Å². The summed E-state index contributed by atoms with van der Waals surface area (Å²) < 4.78 is 9.20. The van der Waals surface area contributed by atoms with Gasteiger partial charge in [0.1, 0.15) is 11.5 Å². The van der Waals surface area contributed by atoms with Gasteiger partial charge in [-0.15, -0.1) is 0 Å². The van der Waals surface area contributed by atoms with E-state index in [1.54, 1.807) is 0 Å². The molecule has 0 aliphatic carbocycles. The van der Waals surface area contributed by atoms with Crippen LogP contribution in [-0.4, -0.2) is 22.2 Å². The van der Waals surface area contributed by atoms with E-state index in [0.29, 0.717) is 0 Å². The van der Waals surface area contributed by atoms with Gasteiger partial charge in [-0.05, 0) is 24.3 Å². The fraction of sp³-hybridized carbons (Fsp3) is 0.0667. The maximum absolute atomic E-state index is 11.3. The molecule has 12 heteroatoms. The lowest BCUT2D eigenvalue weighted by Crippen LogP contribution is -2.17. The van der Waals surface area contributed by atoms with Gasteiger partial charge < -0.3 is 9.47 Å². The highest BCUT2D eigenvalue weighted by atomic mass is 17.3. The lowest BCUT2D eigenvalue weighted by Gasteiger charge is -2.04. The lowest BCUT2D eigenvalue weighted by molar-refractivity contribution is -0.385. The molecule has 0 atom stereocenters. The van der Waals surface area contributed by atoms with Crippen molar-refractivity contribution >= 4 is 23.7 Å². The number of benzene rings is 2. The molecule has 0 heterocycles. The summed E-state index contributed by atoms with van der Waals surface area (Å²) in [6, 6.07) is 8.89. The van der Waals surface area contributed by atoms with Crippen LogP contribution in [0.2, 0.25) is 0 Å².